The molecule has 0 aliphatic carbocycles. The summed E-state index contributed by atoms with van der Waals surface area (Å²) >= 11 is 5.62. The molecule has 3 nitrogen and oxygen atoms in total. The standard InChI is InChI=1S/C13H15BrINO2/c1-16(10-4-6-18-7-5-10)13(17)11-8-9(14)2-3-12(11)15/h2-3,8,10H,4-7H2,1H3. The lowest BCUT2D eigenvalue weighted by molar-refractivity contribution is 0.0361. The number of benzene rings is 1. The van der Waals surface area contributed by atoms with Gasteiger partial charge in [0.1, 0.15) is 0 Å². The van der Waals surface area contributed by atoms with Gasteiger partial charge in [0.2, 0.25) is 0 Å². The summed E-state index contributed by atoms with van der Waals surface area (Å²) in [5.74, 6) is 0.0904. The molecule has 0 radical (unpaired) electrons. The van der Waals surface area contributed by atoms with Gasteiger partial charge in [-0.05, 0) is 53.6 Å². The van der Waals surface area contributed by atoms with E-state index in [4.69, 9.17) is 4.74 Å². The molecule has 1 aromatic rings. The van der Waals surface area contributed by atoms with E-state index in [0.29, 0.717) is 6.04 Å². The highest BCUT2D eigenvalue weighted by atomic mass is 127. The second kappa shape index (κ2) is 6.34. The van der Waals surface area contributed by atoms with Crippen molar-refractivity contribution in [3.8, 4) is 0 Å². The highest BCUT2D eigenvalue weighted by Gasteiger charge is 2.24. The van der Waals surface area contributed by atoms with Crippen molar-refractivity contribution in [3.05, 3.63) is 31.8 Å². The Hall–Kier alpha value is -0.140. The van der Waals surface area contributed by atoms with E-state index in [1.54, 1.807) is 0 Å². The van der Waals surface area contributed by atoms with Crippen LogP contribution in [0.15, 0.2) is 22.7 Å². The van der Waals surface area contributed by atoms with E-state index >= 15 is 0 Å². The largest absolute Gasteiger partial charge is 0.381 e. The SMILES string of the molecule is CN(C(=O)c1cc(Br)ccc1I)C1CCOCC1. The fourth-order valence-corrected chi connectivity index (χ4v) is 3.02. The van der Waals surface area contributed by atoms with Crippen molar-refractivity contribution in [2.75, 3.05) is 20.3 Å². The summed E-state index contributed by atoms with van der Waals surface area (Å²) in [6, 6.07) is 6.09. The van der Waals surface area contributed by atoms with Gasteiger partial charge in [-0.15, -0.1) is 0 Å². The number of hydrogen-bond acceptors (Lipinski definition) is 2. The van der Waals surface area contributed by atoms with Crippen molar-refractivity contribution in [3.63, 3.8) is 0 Å². The van der Waals surface area contributed by atoms with Crippen LogP contribution in [-0.2, 0) is 4.74 Å². The molecule has 2 rings (SSSR count). The average Bonchev–Trinajstić information content (AvgIpc) is 2.41. The molecule has 1 aromatic carbocycles. The maximum absolute atomic E-state index is 12.5. The fraction of sp³-hybridized carbons (Fsp3) is 0.462. The quantitative estimate of drug-likeness (QED) is 0.683. The van der Waals surface area contributed by atoms with E-state index in [1.165, 1.54) is 0 Å². The molecular formula is C13H15BrINO2. The van der Waals surface area contributed by atoms with E-state index in [9.17, 15) is 4.79 Å². The minimum atomic E-state index is 0.0904. The summed E-state index contributed by atoms with van der Waals surface area (Å²) in [7, 11) is 1.88. The Labute approximate surface area is 129 Å². The second-order valence-electron chi connectivity index (χ2n) is 4.38. The molecule has 0 spiro atoms. The van der Waals surface area contributed by atoms with Crippen LogP contribution in [0.25, 0.3) is 0 Å². The Balaban J connectivity index is 2.16. The Morgan fingerprint density at radius 3 is 2.78 bits per heavy atom. The van der Waals surface area contributed by atoms with Gasteiger partial charge in [0, 0.05) is 34.3 Å². The van der Waals surface area contributed by atoms with E-state index in [2.05, 4.69) is 38.5 Å². The molecule has 0 aromatic heterocycles. The highest BCUT2D eigenvalue weighted by molar-refractivity contribution is 14.1. The first-order chi connectivity index (χ1) is 8.59. The third-order valence-corrected chi connectivity index (χ3v) is 4.65. The predicted octanol–water partition coefficient (Wildman–Crippen LogP) is 3.30. The maximum atomic E-state index is 12.5. The normalized spacial score (nSPS) is 16.6. The monoisotopic (exact) mass is 423 g/mol. The molecule has 1 aliphatic rings. The summed E-state index contributed by atoms with van der Waals surface area (Å²) in [5, 5.41) is 0. The topological polar surface area (TPSA) is 29.5 Å². The molecule has 1 amide bonds. The lowest BCUT2D eigenvalue weighted by Gasteiger charge is -2.31. The minimum absolute atomic E-state index is 0.0904. The van der Waals surface area contributed by atoms with Crippen LogP contribution in [0.2, 0.25) is 0 Å². The molecule has 98 valence electrons. The molecule has 0 bridgehead atoms. The Morgan fingerprint density at radius 2 is 2.11 bits per heavy atom. The van der Waals surface area contributed by atoms with Gasteiger partial charge in [-0.25, -0.2) is 0 Å². The predicted molar refractivity (Wildman–Crippen MR) is 82.8 cm³/mol. The average molecular weight is 424 g/mol. The molecule has 0 N–H and O–H groups in total. The summed E-state index contributed by atoms with van der Waals surface area (Å²) in [5.41, 5.74) is 0.763. The van der Waals surface area contributed by atoms with Crippen LogP contribution >= 0.6 is 38.5 Å². The summed E-state index contributed by atoms with van der Waals surface area (Å²) < 4.78 is 7.25. The van der Waals surface area contributed by atoms with Crippen LogP contribution in [0.5, 0.6) is 0 Å². The Kier molecular flexibility index (Phi) is 5.03. The summed E-state index contributed by atoms with van der Waals surface area (Å²) in [6.07, 6.45) is 1.85. The molecular weight excluding hydrogens is 409 g/mol. The van der Waals surface area contributed by atoms with Crippen LogP contribution in [0.3, 0.4) is 0 Å². The van der Waals surface area contributed by atoms with Gasteiger partial charge in [0.05, 0.1) is 5.56 Å². The number of rotatable bonds is 2. The van der Waals surface area contributed by atoms with Crippen LogP contribution < -0.4 is 0 Å². The minimum Gasteiger partial charge on any atom is -0.381 e. The molecule has 1 aliphatic heterocycles. The van der Waals surface area contributed by atoms with Gasteiger partial charge in [-0.3, -0.25) is 4.79 Å². The van der Waals surface area contributed by atoms with Crippen LogP contribution in [0.1, 0.15) is 23.2 Å². The first kappa shape index (κ1) is 14.3. The lowest BCUT2D eigenvalue weighted by Crippen LogP contribution is -2.40. The van der Waals surface area contributed by atoms with Crippen molar-refractivity contribution >= 4 is 44.4 Å². The molecule has 0 saturated carbocycles. The molecule has 0 atom stereocenters. The van der Waals surface area contributed by atoms with Crippen molar-refractivity contribution in [2.45, 2.75) is 18.9 Å². The lowest BCUT2D eigenvalue weighted by atomic mass is 10.1. The van der Waals surface area contributed by atoms with Gasteiger partial charge in [-0.2, -0.15) is 0 Å². The van der Waals surface area contributed by atoms with Crippen LogP contribution in [-0.4, -0.2) is 37.1 Å². The molecule has 0 unspecified atom stereocenters. The van der Waals surface area contributed by atoms with E-state index in [-0.39, 0.29) is 5.91 Å². The van der Waals surface area contributed by atoms with E-state index in [0.717, 1.165) is 39.7 Å². The number of carbonyl (C=O) groups is 1. The molecule has 1 heterocycles. The van der Waals surface area contributed by atoms with Crippen molar-refractivity contribution in [2.24, 2.45) is 0 Å². The molecule has 1 saturated heterocycles. The molecule has 18 heavy (non-hydrogen) atoms. The Morgan fingerprint density at radius 1 is 1.44 bits per heavy atom. The van der Waals surface area contributed by atoms with Crippen LogP contribution in [0, 0.1) is 3.57 Å². The van der Waals surface area contributed by atoms with Gasteiger partial charge < -0.3 is 9.64 Å². The summed E-state index contributed by atoms with van der Waals surface area (Å²) in [4.78, 5) is 14.3. The first-order valence-electron chi connectivity index (χ1n) is 5.89. The maximum Gasteiger partial charge on any atom is 0.254 e. The number of hydrogen-bond donors (Lipinski definition) is 0. The summed E-state index contributed by atoms with van der Waals surface area (Å²) in [6.45, 7) is 1.50. The van der Waals surface area contributed by atoms with Gasteiger partial charge in [0.15, 0.2) is 0 Å². The third kappa shape index (κ3) is 3.24. The van der Waals surface area contributed by atoms with Gasteiger partial charge in [0.25, 0.3) is 5.91 Å². The van der Waals surface area contributed by atoms with E-state index in [1.807, 2.05) is 30.1 Å². The van der Waals surface area contributed by atoms with Crippen molar-refractivity contribution in [1.29, 1.82) is 0 Å². The van der Waals surface area contributed by atoms with Crippen molar-refractivity contribution < 1.29 is 9.53 Å². The Bertz CT molecular complexity index is 447. The van der Waals surface area contributed by atoms with Gasteiger partial charge >= 0.3 is 0 Å². The van der Waals surface area contributed by atoms with Crippen LogP contribution in [0.4, 0.5) is 0 Å². The number of amides is 1. The van der Waals surface area contributed by atoms with Crippen molar-refractivity contribution in [1.82, 2.24) is 4.90 Å². The number of ether oxygens (including phenoxy) is 1. The number of nitrogens with zero attached hydrogens (tertiary/aromatic N) is 1. The molecule has 5 heteroatoms. The number of carbonyl (C=O) groups excluding carboxylic acids is 1. The zero-order valence-corrected chi connectivity index (χ0v) is 13.9. The van der Waals surface area contributed by atoms with E-state index < -0.39 is 0 Å². The smallest absolute Gasteiger partial charge is 0.254 e. The van der Waals surface area contributed by atoms with Gasteiger partial charge in [-0.1, -0.05) is 15.9 Å². The number of halogens is 2. The molecule has 1 fully saturated rings. The zero-order valence-electron chi connectivity index (χ0n) is 10.2. The zero-order chi connectivity index (χ0) is 13.1. The first-order valence-corrected chi connectivity index (χ1v) is 7.76. The fourth-order valence-electron chi connectivity index (χ4n) is 2.09. The highest BCUT2D eigenvalue weighted by Crippen LogP contribution is 2.22. The second-order valence-corrected chi connectivity index (χ2v) is 6.46. The third-order valence-electron chi connectivity index (χ3n) is 3.22.